The molecule has 1 unspecified atom stereocenters. The number of nitrogens with one attached hydrogen (secondary N) is 2. The minimum atomic E-state index is -0.587. The molecule has 0 amide bonds. The molecule has 0 saturated heterocycles. The predicted molar refractivity (Wildman–Crippen MR) is 140 cm³/mol. The van der Waals surface area contributed by atoms with Crippen molar-refractivity contribution >= 4 is 45.0 Å². The molecule has 5 rings (SSSR count). The third-order valence-electron chi connectivity index (χ3n) is 6.09. The summed E-state index contributed by atoms with van der Waals surface area (Å²) >= 11 is 1.43. The number of hydrogen-bond acceptors (Lipinski definition) is 4. The fraction of sp³-hybridized carbons (Fsp3) is 0.179. The van der Waals surface area contributed by atoms with Gasteiger partial charge in [-0.15, -0.1) is 11.3 Å². The molecule has 3 aromatic heterocycles. The van der Waals surface area contributed by atoms with E-state index in [1.807, 2.05) is 64.8 Å². The van der Waals surface area contributed by atoms with E-state index in [0.717, 1.165) is 39.4 Å². The molecule has 5 nitrogen and oxygen atoms in total. The van der Waals surface area contributed by atoms with Gasteiger partial charge in [0.25, 0.3) is 0 Å². The van der Waals surface area contributed by atoms with Gasteiger partial charge in [0.05, 0.1) is 11.0 Å². The fourth-order valence-corrected chi connectivity index (χ4v) is 5.01. The topological polar surface area (TPSA) is 70.1 Å². The van der Waals surface area contributed by atoms with Crippen molar-refractivity contribution in [3.8, 4) is 0 Å². The summed E-state index contributed by atoms with van der Waals surface area (Å²) in [4.78, 5) is 16.2. The minimum absolute atomic E-state index is 0.0148. The van der Waals surface area contributed by atoms with Crippen molar-refractivity contribution < 1.29 is 14.3 Å². The van der Waals surface area contributed by atoms with Crippen LogP contribution >= 0.6 is 11.3 Å². The first kappa shape index (κ1) is 23.2. The number of ketones is 1. The Hall–Kier alpha value is -3.52. The molecule has 0 fully saturated rings. The summed E-state index contributed by atoms with van der Waals surface area (Å²) < 4.78 is 15.6. The molecule has 0 aliphatic heterocycles. The van der Waals surface area contributed by atoms with Crippen LogP contribution < -0.4 is 5.32 Å². The molecule has 7 heteroatoms. The van der Waals surface area contributed by atoms with E-state index in [1.54, 1.807) is 18.2 Å². The number of nitrogens with zero attached hydrogens (tertiary/aromatic N) is 1. The Balaban J connectivity index is 1.20. The second-order valence-electron chi connectivity index (χ2n) is 8.54. The number of halogens is 1. The second kappa shape index (κ2) is 10.4. The molecule has 5 aromatic rings. The van der Waals surface area contributed by atoms with Gasteiger partial charge in [-0.2, -0.15) is 0 Å². The SMILES string of the molecule is O=C(/C=C/c1cn(CC(O)CNCCc2c[nH]c3ccc(F)cc23)c2ccccc12)c1cccs1. The van der Waals surface area contributed by atoms with E-state index in [9.17, 15) is 14.3 Å². The van der Waals surface area contributed by atoms with Crippen molar-refractivity contribution in [2.24, 2.45) is 0 Å². The molecule has 178 valence electrons. The van der Waals surface area contributed by atoms with Crippen LogP contribution in [0.3, 0.4) is 0 Å². The molecule has 2 aromatic carbocycles. The number of hydrogen-bond donors (Lipinski definition) is 3. The molecule has 0 radical (unpaired) electrons. The second-order valence-corrected chi connectivity index (χ2v) is 9.49. The number of aliphatic hydroxyl groups is 1. The van der Waals surface area contributed by atoms with Crippen molar-refractivity contribution in [1.82, 2.24) is 14.9 Å². The Labute approximate surface area is 206 Å². The molecule has 1 atom stereocenters. The van der Waals surface area contributed by atoms with Gasteiger partial charge in [-0.05, 0) is 66.4 Å². The normalized spacial score (nSPS) is 12.7. The highest BCUT2D eigenvalue weighted by atomic mass is 32.1. The van der Waals surface area contributed by atoms with Gasteiger partial charge in [-0.1, -0.05) is 24.3 Å². The monoisotopic (exact) mass is 487 g/mol. The van der Waals surface area contributed by atoms with Crippen molar-refractivity contribution in [2.75, 3.05) is 13.1 Å². The van der Waals surface area contributed by atoms with E-state index < -0.39 is 6.10 Å². The molecule has 0 aliphatic carbocycles. The lowest BCUT2D eigenvalue weighted by molar-refractivity contribution is 0.105. The van der Waals surface area contributed by atoms with Gasteiger partial charge >= 0.3 is 0 Å². The molecule has 0 bridgehead atoms. The van der Waals surface area contributed by atoms with E-state index >= 15 is 0 Å². The molecule has 3 N–H and O–H groups in total. The number of para-hydroxylation sites is 1. The van der Waals surface area contributed by atoms with Crippen LogP contribution in [0.4, 0.5) is 4.39 Å². The number of rotatable bonds is 10. The fourth-order valence-electron chi connectivity index (χ4n) is 4.37. The number of thiophene rings is 1. The number of benzene rings is 2. The molecule has 35 heavy (non-hydrogen) atoms. The lowest BCUT2D eigenvalue weighted by Crippen LogP contribution is -2.31. The Bertz CT molecular complexity index is 1480. The quantitative estimate of drug-likeness (QED) is 0.140. The molecular weight excluding hydrogens is 461 g/mol. The number of fused-ring (bicyclic) bond motifs is 2. The highest BCUT2D eigenvalue weighted by Crippen LogP contribution is 2.24. The number of aliphatic hydroxyl groups excluding tert-OH is 1. The molecular formula is C28H26FN3O2S. The maximum atomic E-state index is 13.6. The summed E-state index contributed by atoms with van der Waals surface area (Å²) in [5.74, 6) is -0.259. The summed E-state index contributed by atoms with van der Waals surface area (Å²) in [7, 11) is 0. The standard InChI is InChI=1S/C28H26FN3O2S/c29-21-8-9-25-24(14-21)19(15-31-25)11-12-30-16-22(33)18-32-17-20(23-4-1-2-5-26(23)32)7-10-27(34)28-6-3-13-35-28/h1-10,13-15,17,22,30-31,33H,11-12,16,18H2/b10-7+. The van der Waals surface area contributed by atoms with Crippen LogP contribution in [0, 0.1) is 5.82 Å². The van der Waals surface area contributed by atoms with Crippen molar-refractivity contribution in [1.29, 1.82) is 0 Å². The Morgan fingerprint density at radius 3 is 2.91 bits per heavy atom. The minimum Gasteiger partial charge on any atom is -0.390 e. The summed E-state index contributed by atoms with van der Waals surface area (Å²) in [5, 5.41) is 17.8. The number of carbonyl (C=O) groups excluding carboxylic acids is 1. The van der Waals surface area contributed by atoms with Gasteiger partial charge in [-0.3, -0.25) is 4.79 Å². The van der Waals surface area contributed by atoms with Crippen LogP contribution in [0.1, 0.15) is 20.8 Å². The molecule has 3 heterocycles. The third kappa shape index (κ3) is 5.27. The van der Waals surface area contributed by atoms with Crippen LogP contribution in [0.2, 0.25) is 0 Å². The summed E-state index contributed by atoms with van der Waals surface area (Å²) in [5.41, 5.74) is 3.92. The number of aromatic nitrogens is 2. The lowest BCUT2D eigenvalue weighted by atomic mass is 10.1. The van der Waals surface area contributed by atoms with Crippen LogP contribution in [0.5, 0.6) is 0 Å². The number of H-pyrrole nitrogens is 1. The van der Waals surface area contributed by atoms with E-state index in [2.05, 4.69) is 10.3 Å². The van der Waals surface area contributed by atoms with E-state index in [-0.39, 0.29) is 11.6 Å². The Morgan fingerprint density at radius 1 is 1.17 bits per heavy atom. The number of aromatic amines is 1. The van der Waals surface area contributed by atoms with Crippen LogP contribution in [0.15, 0.2) is 78.4 Å². The zero-order chi connectivity index (χ0) is 24.2. The first-order valence-electron chi connectivity index (χ1n) is 11.6. The Kier molecular flexibility index (Phi) is 6.90. The zero-order valence-electron chi connectivity index (χ0n) is 19.1. The smallest absolute Gasteiger partial charge is 0.195 e. The first-order chi connectivity index (χ1) is 17.1. The van der Waals surface area contributed by atoms with Crippen LogP contribution in [-0.2, 0) is 13.0 Å². The third-order valence-corrected chi connectivity index (χ3v) is 6.97. The van der Waals surface area contributed by atoms with Crippen molar-refractivity contribution in [3.63, 3.8) is 0 Å². The summed E-state index contributed by atoms with van der Waals surface area (Å²) in [6, 6.07) is 16.4. The maximum Gasteiger partial charge on any atom is 0.195 e. The van der Waals surface area contributed by atoms with Gasteiger partial charge in [0, 0.05) is 52.9 Å². The van der Waals surface area contributed by atoms with Crippen molar-refractivity contribution in [2.45, 2.75) is 19.1 Å². The maximum absolute atomic E-state index is 13.6. The zero-order valence-corrected chi connectivity index (χ0v) is 19.9. The lowest BCUT2D eigenvalue weighted by Gasteiger charge is -2.13. The first-order valence-corrected chi connectivity index (χ1v) is 12.4. The van der Waals surface area contributed by atoms with Gasteiger partial charge in [0.15, 0.2) is 5.78 Å². The number of allylic oxidation sites excluding steroid dienone is 1. The van der Waals surface area contributed by atoms with E-state index in [4.69, 9.17) is 0 Å². The summed E-state index contributed by atoms with van der Waals surface area (Å²) in [6.45, 7) is 1.54. The number of carbonyl (C=O) groups is 1. The Morgan fingerprint density at radius 2 is 2.06 bits per heavy atom. The average molecular weight is 488 g/mol. The molecule has 0 spiro atoms. The average Bonchev–Trinajstić information content (AvgIpc) is 3.60. The highest BCUT2D eigenvalue weighted by Gasteiger charge is 2.12. The van der Waals surface area contributed by atoms with Gasteiger partial charge in [0.1, 0.15) is 5.82 Å². The predicted octanol–water partition coefficient (Wildman–Crippen LogP) is 5.41. The van der Waals surface area contributed by atoms with Crippen LogP contribution in [-0.4, -0.2) is 39.6 Å². The van der Waals surface area contributed by atoms with E-state index in [0.29, 0.717) is 24.5 Å². The molecule has 0 saturated carbocycles. The van der Waals surface area contributed by atoms with Crippen molar-refractivity contribution in [3.05, 3.63) is 100 Å². The highest BCUT2D eigenvalue weighted by molar-refractivity contribution is 7.12. The largest absolute Gasteiger partial charge is 0.390 e. The van der Waals surface area contributed by atoms with Gasteiger partial charge < -0.3 is 20.0 Å². The van der Waals surface area contributed by atoms with Crippen LogP contribution in [0.25, 0.3) is 27.9 Å². The molecule has 0 aliphatic rings. The summed E-state index contributed by atoms with van der Waals surface area (Å²) in [6.07, 6.45) is 7.48. The van der Waals surface area contributed by atoms with E-state index in [1.165, 1.54) is 17.4 Å². The van der Waals surface area contributed by atoms with Gasteiger partial charge in [-0.25, -0.2) is 4.39 Å². The van der Waals surface area contributed by atoms with Gasteiger partial charge in [0.2, 0.25) is 0 Å².